The molecule has 0 spiro atoms. The van der Waals surface area contributed by atoms with Gasteiger partial charge in [-0.15, -0.1) is 0 Å². The van der Waals surface area contributed by atoms with Gasteiger partial charge in [0.25, 0.3) is 0 Å². The first kappa shape index (κ1) is 14.3. The van der Waals surface area contributed by atoms with Crippen LogP contribution in [-0.4, -0.2) is 23.1 Å². The normalized spacial score (nSPS) is 14.0. The Balaban J connectivity index is 1.88. The summed E-state index contributed by atoms with van der Waals surface area (Å²) in [6.45, 7) is 6.80. The van der Waals surface area contributed by atoms with Crippen LogP contribution >= 0.6 is 15.9 Å². The molecule has 1 aromatic carbocycles. The molecular weight excluding hydrogens is 328 g/mol. The largest absolute Gasteiger partial charge is 0.354 e. The Morgan fingerprint density at radius 1 is 1.24 bits per heavy atom. The first-order valence-electron chi connectivity index (χ1n) is 7.27. The molecule has 5 heteroatoms. The van der Waals surface area contributed by atoms with Crippen LogP contribution in [0.4, 0.5) is 11.8 Å². The first-order valence-corrected chi connectivity index (χ1v) is 8.07. The quantitative estimate of drug-likeness (QED) is 0.922. The number of halogens is 1. The molecule has 1 aliphatic rings. The van der Waals surface area contributed by atoms with E-state index in [0.29, 0.717) is 5.95 Å². The van der Waals surface area contributed by atoms with Crippen LogP contribution in [0.15, 0.2) is 28.7 Å². The molecule has 0 unspecified atom stereocenters. The average Bonchev–Trinajstić information content (AvgIpc) is 2.46. The molecule has 4 nitrogen and oxygen atoms in total. The molecule has 2 heterocycles. The van der Waals surface area contributed by atoms with E-state index in [-0.39, 0.29) is 0 Å². The third-order valence-electron chi connectivity index (χ3n) is 3.68. The number of hydrogen-bond acceptors (Lipinski definition) is 4. The van der Waals surface area contributed by atoms with Gasteiger partial charge in [0.2, 0.25) is 5.95 Å². The van der Waals surface area contributed by atoms with Gasteiger partial charge in [0.15, 0.2) is 0 Å². The SMILES string of the molecule is CCNc1nc(C)cc(N2CCc3ccc(Br)cc3C2)n1. The number of fused-ring (bicyclic) bond motifs is 1. The van der Waals surface area contributed by atoms with E-state index < -0.39 is 0 Å². The lowest BCUT2D eigenvalue weighted by Crippen LogP contribution is -2.31. The molecule has 110 valence electrons. The van der Waals surface area contributed by atoms with Crippen LogP contribution in [0.25, 0.3) is 0 Å². The number of aryl methyl sites for hydroxylation is 1. The van der Waals surface area contributed by atoms with E-state index in [2.05, 4.69) is 67.3 Å². The molecule has 1 aromatic heterocycles. The van der Waals surface area contributed by atoms with Gasteiger partial charge in [0, 0.05) is 35.9 Å². The number of nitrogens with one attached hydrogen (secondary N) is 1. The van der Waals surface area contributed by atoms with Crippen molar-refractivity contribution in [1.82, 2.24) is 9.97 Å². The van der Waals surface area contributed by atoms with Crippen LogP contribution in [0.1, 0.15) is 23.7 Å². The second-order valence-electron chi connectivity index (χ2n) is 5.31. The van der Waals surface area contributed by atoms with Crippen molar-refractivity contribution in [1.29, 1.82) is 0 Å². The summed E-state index contributed by atoms with van der Waals surface area (Å²) < 4.78 is 1.13. The van der Waals surface area contributed by atoms with E-state index in [0.717, 1.165) is 42.0 Å². The highest BCUT2D eigenvalue weighted by molar-refractivity contribution is 9.10. The van der Waals surface area contributed by atoms with E-state index in [1.807, 2.05) is 6.92 Å². The summed E-state index contributed by atoms with van der Waals surface area (Å²) >= 11 is 3.56. The molecule has 0 aliphatic carbocycles. The molecule has 0 saturated heterocycles. The summed E-state index contributed by atoms with van der Waals surface area (Å²) in [5.41, 5.74) is 3.81. The highest BCUT2D eigenvalue weighted by Gasteiger charge is 2.18. The van der Waals surface area contributed by atoms with Gasteiger partial charge in [0.1, 0.15) is 5.82 Å². The number of hydrogen-bond donors (Lipinski definition) is 1. The maximum Gasteiger partial charge on any atom is 0.224 e. The Bertz CT molecular complexity index is 657. The lowest BCUT2D eigenvalue weighted by Gasteiger charge is -2.30. The number of nitrogens with zero attached hydrogens (tertiary/aromatic N) is 3. The van der Waals surface area contributed by atoms with Crippen molar-refractivity contribution in [2.75, 3.05) is 23.3 Å². The molecule has 1 N–H and O–H groups in total. The summed E-state index contributed by atoms with van der Waals surface area (Å²) in [7, 11) is 0. The smallest absolute Gasteiger partial charge is 0.224 e. The van der Waals surface area contributed by atoms with Crippen LogP contribution < -0.4 is 10.2 Å². The third kappa shape index (κ3) is 3.18. The van der Waals surface area contributed by atoms with Crippen molar-refractivity contribution < 1.29 is 0 Å². The highest BCUT2D eigenvalue weighted by atomic mass is 79.9. The van der Waals surface area contributed by atoms with Crippen LogP contribution in [0.5, 0.6) is 0 Å². The molecular formula is C16H19BrN4. The lowest BCUT2D eigenvalue weighted by atomic mass is 10.00. The molecule has 3 rings (SSSR count). The van der Waals surface area contributed by atoms with Gasteiger partial charge in [-0.05, 0) is 43.5 Å². The fourth-order valence-electron chi connectivity index (χ4n) is 2.67. The van der Waals surface area contributed by atoms with Crippen molar-refractivity contribution in [3.05, 3.63) is 45.6 Å². The first-order chi connectivity index (χ1) is 10.2. The molecule has 0 saturated carbocycles. The molecule has 0 atom stereocenters. The number of benzene rings is 1. The minimum absolute atomic E-state index is 0.715. The average molecular weight is 347 g/mol. The predicted octanol–water partition coefficient (Wildman–Crippen LogP) is 3.54. The molecule has 0 radical (unpaired) electrons. The summed E-state index contributed by atoms with van der Waals surface area (Å²) in [5.74, 6) is 1.72. The topological polar surface area (TPSA) is 41.1 Å². The van der Waals surface area contributed by atoms with Gasteiger partial charge in [-0.2, -0.15) is 4.98 Å². The fourth-order valence-corrected chi connectivity index (χ4v) is 3.08. The van der Waals surface area contributed by atoms with Crippen molar-refractivity contribution in [3.8, 4) is 0 Å². The summed E-state index contributed by atoms with van der Waals surface area (Å²) in [4.78, 5) is 11.4. The Labute approximate surface area is 133 Å². The minimum atomic E-state index is 0.715. The van der Waals surface area contributed by atoms with Crippen molar-refractivity contribution in [3.63, 3.8) is 0 Å². The third-order valence-corrected chi connectivity index (χ3v) is 4.17. The summed E-state index contributed by atoms with van der Waals surface area (Å²) in [5, 5.41) is 3.20. The molecule has 0 amide bonds. The highest BCUT2D eigenvalue weighted by Crippen LogP contribution is 2.26. The Morgan fingerprint density at radius 2 is 2.10 bits per heavy atom. The van der Waals surface area contributed by atoms with E-state index in [9.17, 15) is 0 Å². The molecule has 0 fully saturated rings. The Hall–Kier alpha value is -1.62. The molecule has 2 aromatic rings. The second kappa shape index (κ2) is 6.02. The summed E-state index contributed by atoms with van der Waals surface area (Å²) in [6.07, 6.45) is 1.06. The van der Waals surface area contributed by atoms with Crippen LogP contribution in [-0.2, 0) is 13.0 Å². The summed E-state index contributed by atoms with van der Waals surface area (Å²) in [6, 6.07) is 8.60. The van der Waals surface area contributed by atoms with Crippen LogP contribution in [0.2, 0.25) is 0 Å². The predicted molar refractivity (Wildman–Crippen MR) is 89.8 cm³/mol. The minimum Gasteiger partial charge on any atom is -0.354 e. The number of aromatic nitrogens is 2. The van der Waals surface area contributed by atoms with Gasteiger partial charge >= 0.3 is 0 Å². The number of rotatable bonds is 3. The molecule has 0 bridgehead atoms. The zero-order valence-electron chi connectivity index (χ0n) is 12.4. The van der Waals surface area contributed by atoms with Crippen molar-refractivity contribution in [2.24, 2.45) is 0 Å². The monoisotopic (exact) mass is 346 g/mol. The lowest BCUT2D eigenvalue weighted by molar-refractivity contribution is 0.718. The maximum absolute atomic E-state index is 4.63. The van der Waals surface area contributed by atoms with Crippen LogP contribution in [0.3, 0.4) is 0 Å². The maximum atomic E-state index is 4.63. The van der Waals surface area contributed by atoms with E-state index >= 15 is 0 Å². The zero-order valence-corrected chi connectivity index (χ0v) is 13.9. The van der Waals surface area contributed by atoms with Gasteiger partial charge in [-0.25, -0.2) is 4.98 Å². The van der Waals surface area contributed by atoms with Gasteiger partial charge in [-0.1, -0.05) is 22.0 Å². The van der Waals surface area contributed by atoms with Gasteiger partial charge in [0.05, 0.1) is 0 Å². The van der Waals surface area contributed by atoms with Crippen LogP contribution in [0, 0.1) is 6.92 Å². The molecule has 1 aliphatic heterocycles. The van der Waals surface area contributed by atoms with Crippen molar-refractivity contribution in [2.45, 2.75) is 26.8 Å². The van der Waals surface area contributed by atoms with E-state index in [1.165, 1.54) is 11.1 Å². The Morgan fingerprint density at radius 3 is 2.90 bits per heavy atom. The van der Waals surface area contributed by atoms with E-state index in [1.54, 1.807) is 0 Å². The fraction of sp³-hybridized carbons (Fsp3) is 0.375. The van der Waals surface area contributed by atoms with Gasteiger partial charge < -0.3 is 10.2 Å². The Kier molecular flexibility index (Phi) is 4.10. The second-order valence-corrected chi connectivity index (χ2v) is 6.22. The standard InChI is InChI=1S/C16H19BrN4/c1-3-18-16-19-11(2)8-15(20-16)21-7-6-12-4-5-14(17)9-13(12)10-21/h4-5,8-9H,3,6-7,10H2,1-2H3,(H,18,19,20). The molecule has 21 heavy (non-hydrogen) atoms. The van der Waals surface area contributed by atoms with Gasteiger partial charge in [-0.3, -0.25) is 0 Å². The zero-order chi connectivity index (χ0) is 14.8. The van der Waals surface area contributed by atoms with E-state index in [4.69, 9.17) is 0 Å². The number of anilines is 2. The van der Waals surface area contributed by atoms with Crippen molar-refractivity contribution >= 4 is 27.7 Å².